The molecule has 1 aromatic carbocycles. The van der Waals surface area contributed by atoms with Crippen LogP contribution in [-0.4, -0.2) is 23.0 Å². The second-order valence-corrected chi connectivity index (χ2v) is 10.9. The van der Waals surface area contributed by atoms with Gasteiger partial charge in [-0.1, -0.05) is 61.0 Å². The van der Waals surface area contributed by atoms with Crippen LogP contribution in [0.5, 0.6) is 0 Å². The van der Waals surface area contributed by atoms with Crippen LogP contribution in [0.1, 0.15) is 71.3 Å². The first-order valence-corrected chi connectivity index (χ1v) is 12.2. The van der Waals surface area contributed by atoms with E-state index in [1.807, 2.05) is 6.07 Å². The molecule has 1 N–H and O–H groups in total. The van der Waals surface area contributed by atoms with Gasteiger partial charge in [0.2, 0.25) is 0 Å². The lowest BCUT2D eigenvalue weighted by molar-refractivity contribution is -0.148. The molecule has 4 aliphatic carbocycles. The van der Waals surface area contributed by atoms with E-state index >= 15 is 0 Å². The molecule has 0 radical (unpaired) electrons. The number of rotatable bonds is 2. The highest BCUT2D eigenvalue weighted by Gasteiger charge is 2.59. The molecule has 0 aliphatic heterocycles. The van der Waals surface area contributed by atoms with E-state index in [0.717, 1.165) is 44.2 Å². The van der Waals surface area contributed by atoms with Crippen LogP contribution in [0, 0.1) is 28.6 Å². The molecular formula is C28H35NO3. The Morgan fingerprint density at radius 3 is 2.56 bits per heavy atom. The van der Waals surface area contributed by atoms with Crippen molar-refractivity contribution in [3.8, 4) is 0 Å². The molecule has 170 valence electrons. The average molecular weight is 434 g/mol. The normalized spacial score (nSPS) is 40.9. The summed E-state index contributed by atoms with van der Waals surface area (Å²) in [5.74, 6) is 1.59. The molecule has 32 heavy (non-hydrogen) atoms. The summed E-state index contributed by atoms with van der Waals surface area (Å²) in [5.41, 5.74) is 4.92. The standard InChI is InChI=1S/C28H35NO3/c1-18(30)32-22-11-13-27(2)21(17-22)9-10-23-24(27)12-14-28(3)25(23)16-20(26(28)29-31)15-19-7-5-4-6-8-19/h4-9,15,22-25,31H,10-14,16-17H2,1-3H3. The van der Waals surface area contributed by atoms with Gasteiger partial charge in [0.1, 0.15) is 6.10 Å². The second-order valence-electron chi connectivity index (χ2n) is 10.9. The number of allylic oxidation sites excluding steroid dienone is 2. The maximum atomic E-state index is 11.5. The van der Waals surface area contributed by atoms with Crippen molar-refractivity contribution >= 4 is 17.8 Å². The fourth-order valence-corrected chi connectivity index (χ4v) is 7.71. The van der Waals surface area contributed by atoms with Crippen LogP contribution >= 0.6 is 0 Å². The highest BCUT2D eigenvalue weighted by atomic mass is 16.5. The SMILES string of the molecule is CC(=O)OC1CCC2(C)C(=CCC3C2CCC2(C)C(=NO)C(=Cc4ccccc4)CC32)C1. The van der Waals surface area contributed by atoms with Gasteiger partial charge in [-0.15, -0.1) is 0 Å². The molecule has 1 aromatic rings. The predicted octanol–water partition coefficient (Wildman–Crippen LogP) is 6.40. The van der Waals surface area contributed by atoms with E-state index in [4.69, 9.17) is 4.74 Å². The molecular weight excluding hydrogens is 398 g/mol. The molecule has 0 amide bonds. The molecule has 6 atom stereocenters. The zero-order valence-corrected chi connectivity index (χ0v) is 19.5. The van der Waals surface area contributed by atoms with E-state index in [1.54, 1.807) is 0 Å². The van der Waals surface area contributed by atoms with Gasteiger partial charge < -0.3 is 9.94 Å². The van der Waals surface area contributed by atoms with E-state index in [0.29, 0.717) is 17.8 Å². The largest absolute Gasteiger partial charge is 0.462 e. The zero-order valence-electron chi connectivity index (χ0n) is 19.5. The Hall–Kier alpha value is -2.36. The Morgan fingerprint density at radius 2 is 1.84 bits per heavy atom. The molecule has 0 heterocycles. The molecule has 0 spiro atoms. The Labute approximate surface area is 191 Å². The third kappa shape index (κ3) is 3.34. The van der Waals surface area contributed by atoms with Crippen molar-refractivity contribution in [1.82, 2.24) is 0 Å². The van der Waals surface area contributed by atoms with Crippen LogP contribution in [0.3, 0.4) is 0 Å². The monoisotopic (exact) mass is 433 g/mol. The van der Waals surface area contributed by atoms with Gasteiger partial charge in [0.25, 0.3) is 0 Å². The van der Waals surface area contributed by atoms with Crippen LogP contribution < -0.4 is 0 Å². The number of esters is 1. The highest BCUT2D eigenvalue weighted by Crippen LogP contribution is 2.65. The summed E-state index contributed by atoms with van der Waals surface area (Å²) in [6.45, 7) is 6.30. The van der Waals surface area contributed by atoms with E-state index in [1.165, 1.54) is 30.1 Å². The summed E-state index contributed by atoms with van der Waals surface area (Å²) in [5, 5.41) is 13.9. The fraction of sp³-hybridized carbons (Fsp3) is 0.571. The van der Waals surface area contributed by atoms with Gasteiger partial charge in [-0.25, -0.2) is 0 Å². The molecule has 4 heteroatoms. The number of benzene rings is 1. The smallest absolute Gasteiger partial charge is 0.302 e. The van der Waals surface area contributed by atoms with Crippen LogP contribution in [0.15, 0.2) is 52.7 Å². The Bertz CT molecular complexity index is 993. The highest BCUT2D eigenvalue weighted by molar-refractivity contribution is 6.09. The summed E-state index contributed by atoms with van der Waals surface area (Å²) in [6, 6.07) is 10.4. The number of hydrogen-bond acceptors (Lipinski definition) is 4. The Morgan fingerprint density at radius 1 is 1.09 bits per heavy atom. The first kappa shape index (κ1) is 21.5. The number of fused-ring (bicyclic) bond motifs is 5. The lowest BCUT2D eigenvalue weighted by Gasteiger charge is -2.57. The molecule has 6 unspecified atom stereocenters. The van der Waals surface area contributed by atoms with Crippen LogP contribution in [0.25, 0.3) is 6.08 Å². The Balaban J connectivity index is 1.45. The third-order valence-electron chi connectivity index (χ3n) is 9.31. The minimum Gasteiger partial charge on any atom is -0.462 e. The maximum absolute atomic E-state index is 11.5. The van der Waals surface area contributed by atoms with Gasteiger partial charge in [-0.3, -0.25) is 4.79 Å². The lowest BCUT2D eigenvalue weighted by atomic mass is 9.48. The lowest BCUT2D eigenvalue weighted by Crippen LogP contribution is -2.50. The molecule has 4 nitrogen and oxygen atoms in total. The predicted molar refractivity (Wildman–Crippen MR) is 126 cm³/mol. The summed E-state index contributed by atoms with van der Waals surface area (Å²) in [4.78, 5) is 11.5. The van der Waals surface area contributed by atoms with Crippen molar-refractivity contribution in [2.24, 2.45) is 33.7 Å². The topological polar surface area (TPSA) is 58.9 Å². The first-order chi connectivity index (χ1) is 15.3. The third-order valence-corrected chi connectivity index (χ3v) is 9.31. The quantitative estimate of drug-likeness (QED) is 0.254. The van der Waals surface area contributed by atoms with Gasteiger partial charge in [0.15, 0.2) is 0 Å². The molecule has 0 saturated heterocycles. The van der Waals surface area contributed by atoms with Gasteiger partial charge in [0, 0.05) is 18.8 Å². The summed E-state index contributed by atoms with van der Waals surface area (Å²) in [7, 11) is 0. The number of carbonyl (C=O) groups excluding carboxylic acids is 1. The van der Waals surface area contributed by atoms with Crippen molar-refractivity contribution in [3.05, 3.63) is 53.1 Å². The van der Waals surface area contributed by atoms with Crippen molar-refractivity contribution < 1.29 is 14.7 Å². The number of hydrogen-bond donors (Lipinski definition) is 1. The maximum Gasteiger partial charge on any atom is 0.302 e. The molecule has 0 aromatic heterocycles. The van der Waals surface area contributed by atoms with Gasteiger partial charge >= 0.3 is 5.97 Å². The van der Waals surface area contributed by atoms with E-state index in [2.05, 4.69) is 55.4 Å². The summed E-state index contributed by atoms with van der Waals surface area (Å²) >= 11 is 0. The van der Waals surface area contributed by atoms with E-state index in [-0.39, 0.29) is 22.9 Å². The van der Waals surface area contributed by atoms with Crippen LogP contribution in [0.2, 0.25) is 0 Å². The van der Waals surface area contributed by atoms with Crippen molar-refractivity contribution in [1.29, 1.82) is 0 Å². The van der Waals surface area contributed by atoms with Crippen molar-refractivity contribution in [3.63, 3.8) is 0 Å². The molecule has 3 saturated carbocycles. The second kappa shape index (κ2) is 7.90. The minimum atomic E-state index is -0.166. The van der Waals surface area contributed by atoms with Crippen LogP contribution in [0.4, 0.5) is 0 Å². The minimum absolute atomic E-state index is 0.0391. The zero-order chi connectivity index (χ0) is 22.5. The van der Waals surface area contributed by atoms with Gasteiger partial charge in [0.05, 0.1) is 5.71 Å². The fourth-order valence-electron chi connectivity index (χ4n) is 7.71. The number of ether oxygens (including phenoxy) is 1. The molecule has 3 fully saturated rings. The van der Waals surface area contributed by atoms with Gasteiger partial charge in [-0.2, -0.15) is 0 Å². The number of carbonyl (C=O) groups is 1. The summed E-state index contributed by atoms with van der Waals surface area (Å²) in [6.07, 6.45) is 12.0. The molecule has 4 aliphatic rings. The molecule has 5 rings (SSSR count). The average Bonchev–Trinajstić information content (AvgIpc) is 3.05. The first-order valence-electron chi connectivity index (χ1n) is 12.2. The molecule has 0 bridgehead atoms. The van der Waals surface area contributed by atoms with Crippen molar-refractivity contribution in [2.75, 3.05) is 0 Å². The summed E-state index contributed by atoms with van der Waals surface area (Å²) < 4.78 is 5.58. The Kier molecular flexibility index (Phi) is 5.30. The number of oxime groups is 1. The van der Waals surface area contributed by atoms with Crippen molar-refractivity contribution in [2.45, 2.75) is 71.8 Å². The van der Waals surface area contributed by atoms with E-state index < -0.39 is 0 Å². The van der Waals surface area contributed by atoms with Crippen LogP contribution in [-0.2, 0) is 9.53 Å². The number of nitrogens with zero attached hydrogens (tertiary/aromatic N) is 1. The van der Waals surface area contributed by atoms with Gasteiger partial charge in [-0.05, 0) is 78.9 Å². The van der Waals surface area contributed by atoms with E-state index in [9.17, 15) is 10.0 Å².